The molecule has 1 fully saturated rings. The fourth-order valence-electron chi connectivity index (χ4n) is 5.48. The van der Waals surface area contributed by atoms with E-state index in [9.17, 15) is 19.8 Å². The maximum absolute atomic E-state index is 11.7. The molecule has 0 bridgehead atoms. The molecule has 0 radical (unpaired) electrons. The quantitative estimate of drug-likeness (QED) is 0.185. The van der Waals surface area contributed by atoms with Crippen LogP contribution in [0.15, 0.2) is 84.9 Å². The van der Waals surface area contributed by atoms with Gasteiger partial charge < -0.3 is 14.9 Å². The Labute approximate surface area is 243 Å². The summed E-state index contributed by atoms with van der Waals surface area (Å²) < 4.78 is 6.18. The van der Waals surface area contributed by atoms with Crippen LogP contribution in [0, 0.1) is 5.92 Å². The molecular weight excluding hydrogens is 514 g/mol. The Balaban J connectivity index is 1.36. The largest absolute Gasteiger partial charge is 0.493 e. The lowest BCUT2D eigenvalue weighted by atomic mass is 9.94. The monoisotopic (exact) mass is 555 g/mol. The van der Waals surface area contributed by atoms with Gasteiger partial charge in [0.05, 0.1) is 12.2 Å². The van der Waals surface area contributed by atoms with Crippen LogP contribution < -0.4 is 4.74 Å². The van der Waals surface area contributed by atoms with E-state index in [-0.39, 0.29) is 11.5 Å². The molecule has 6 nitrogen and oxygen atoms in total. The van der Waals surface area contributed by atoms with Gasteiger partial charge in [-0.3, -0.25) is 9.69 Å². The zero-order valence-electron chi connectivity index (χ0n) is 23.7. The maximum atomic E-state index is 11.7. The van der Waals surface area contributed by atoms with E-state index in [0.717, 1.165) is 68.4 Å². The highest BCUT2D eigenvalue weighted by Gasteiger charge is 2.30. The fourth-order valence-corrected chi connectivity index (χ4v) is 5.48. The molecule has 1 unspecified atom stereocenters. The topological polar surface area (TPSA) is 87.1 Å². The number of aryl methyl sites for hydroxylation is 1. The van der Waals surface area contributed by atoms with Gasteiger partial charge in [-0.25, -0.2) is 4.79 Å². The van der Waals surface area contributed by atoms with E-state index in [1.54, 1.807) is 12.1 Å². The molecule has 0 spiro atoms. The molecular formula is C35H41NO5. The lowest BCUT2D eigenvalue weighted by Gasteiger charge is -2.23. The minimum atomic E-state index is -0.936. The Bertz CT molecular complexity index is 1270. The number of carbonyl (C=O) groups is 2. The first-order valence-corrected chi connectivity index (χ1v) is 14.7. The molecule has 1 aliphatic heterocycles. The van der Waals surface area contributed by atoms with Crippen molar-refractivity contribution in [1.82, 2.24) is 4.90 Å². The minimum absolute atomic E-state index is 0.159. The van der Waals surface area contributed by atoms with Gasteiger partial charge in [-0.1, -0.05) is 72.8 Å². The molecule has 0 amide bonds. The molecule has 2 atom stereocenters. The smallest absolute Gasteiger partial charge is 0.335 e. The zero-order valence-corrected chi connectivity index (χ0v) is 23.7. The van der Waals surface area contributed by atoms with Gasteiger partial charge in [0, 0.05) is 5.56 Å². The van der Waals surface area contributed by atoms with E-state index in [4.69, 9.17) is 4.74 Å². The summed E-state index contributed by atoms with van der Waals surface area (Å²) in [6.07, 6.45) is 11.8. The normalized spacial score (nSPS) is 16.1. The predicted octanol–water partition coefficient (Wildman–Crippen LogP) is 6.99. The van der Waals surface area contributed by atoms with Crippen LogP contribution >= 0.6 is 0 Å². The number of carboxylic acid groups (broad SMARTS) is 2. The van der Waals surface area contributed by atoms with Gasteiger partial charge in [-0.05, 0) is 99.7 Å². The lowest BCUT2D eigenvalue weighted by Crippen LogP contribution is -2.37. The summed E-state index contributed by atoms with van der Waals surface area (Å²) >= 11 is 0. The molecule has 1 saturated heterocycles. The fraction of sp³-hybridized carbons (Fsp3) is 0.371. The first-order chi connectivity index (χ1) is 20.0. The van der Waals surface area contributed by atoms with Gasteiger partial charge in [-0.2, -0.15) is 0 Å². The summed E-state index contributed by atoms with van der Waals surface area (Å²) in [5.74, 6) is -0.659. The summed E-state index contributed by atoms with van der Waals surface area (Å²) in [6, 6.07) is 25.2. The van der Waals surface area contributed by atoms with Crippen LogP contribution in [-0.4, -0.2) is 52.8 Å². The van der Waals surface area contributed by atoms with Crippen molar-refractivity contribution >= 4 is 18.0 Å². The lowest BCUT2D eigenvalue weighted by molar-refractivity contribution is -0.142. The second-order valence-electron chi connectivity index (χ2n) is 10.8. The van der Waals surface area contributed by atoms with Gasteiger partial charge in [-0.15, -0.1) is 0 Å². The Hall–Kier alpha value is -3.90. The van der Waals surface area contributed by atoms with Crippen LogP contribution in [0.2, 0.25) is 0 Å². The highest BCUT2D eigenvalue weighted by molar-refractivity contribution is 5.87. The second kappa shape index (κ2) is 15.8. The number of nitrogens with zero attached hydrogens (tertiary/aromatic N) is 1. The number of unbranched alkanes of at least 4 members (excludes halogenated alkanes) is 2. The summed E-state index contributed by atoms with van der Waals surface area (Å²) in [6.45, 7) is 2.19. The average Bonchev–Trinajstić information content (AvgIpc) is 3.47. The Morgan fingerprint density at radius 3 is 2.41 bits per heavy atom. The van der Waals surface area contributed by atoms with Crippen molar-refractivity contribution in [2.24, 2.45) is 5.92 Å². The van der Waals surface area contributed by atoms with Crippen LogP contribution in [-0.2, 0) is 17.6 Å². The van der Waals surface area contributed by atoms with Crippen molar-refractivity contribution in [1.29, 1.82) is 0 Å². The molecule has 41 heavy (non-hydrogen) atoms. The Kier molecular flexibility index (Phi) is 11.6. The molecule has 0 aliphatic carbocycles. The molecule has 2 N–H and O–H groups in total. The van der Waals surface area contributed by atoms with Crippen LogP contribution in [0.25, 0.3) is 6.08 Å². The summed E-state index contributed by atoms with van der Waals surface area (Å²) in [5.41, 5.74) is 3.72. The van der Waals surface area contributed by atoms with Gasteiger partial charge in [0.25, 0.3) is 0 Å². The van der Waals surface area contributed by atoms with Gasteiger partial charge in [0.2, 0.25) is 0 Å². The number of benzene rings is 3. The van der Waals surface area contributed by atoms with Crippen LogP contribution in [0.3, 0.4) is 0 Å². The molecule has 0 saturated carbocycles. The van der Waals surface area contributed by atoms with E-state index in [0.29, 0.717) is 19.6 Å². The number of ether oxygens (including phenoxy) is 1. The summed E-state index contributed by atoms with van der Waals surface area (Å²) in [7, 11) is 0. The minimum Gasteiger partial charge on any atom is -0.493 e. The predicted molar refractivity (Wildman–Crippen MR) is 162 cm³/mol. The van der Waals surface area contributed by atoms with E-state index >= 15 is 0 Å². The van der Waals surface area contributed by atoms with Gasteiger partial charge in [0.1, 0.15) is 11.8 Å². The SMILES string of the molecule is O=C(O)c1ccc(CC(/C=C/c2ccccc2OCCCCCc2ccccc2)CCN2CCC[C@H]2C(=O)O)cc1. The maximum Gasteiger partial charge on any atom is 0.335 e. The van der Waals surface area contributed by atoms with Crippen molar-refractivity contribution in [3.05, 3.63) is 107 Å². The van der Waals surface area contributed by atoms with E-state index in [2.05, 4.69) is 47.4 Å². The summed E-state index contributed by atoms with van der Waals surface area (Å²) in [5, 5.41) is 18.8. The van der Waals surface area contributed by atoms with Crippen LogP contribution in [0.5, 0.6) is 5.75 Å². The number of aliphatic carboxylic acids is 1. The Morgan fingerprint density at radius 1 is 0.902 bits per heavy atom. The van der Waals surface area contributed by atoms with Gasteiger partial charge >= 0.3 is 11.9 Å². The van der Waals surface area contributed by atoms with Crippen molar-refractivity contribution in [2.75, 3.05) is 19.7 Å². The number of hydrogen-bond donors (Lipinski definition) is 2. The second-order valence-corrected chi connectivity index (χ2v) is 10.8. The van der Waals surface area contributed by atoms with E-state index in [1.165, 1.54) is 5.56 Å². The number of likely N-dealkylation sites (tertiary alicyclic amines) is 1. The zero-order chi connectivity index (χ0) is 28.9. The van der Waals surface area contributed by atoms with E-state index in [1.807, 2.05) is 36.4 Å². The number of carboxylic acids is 2. The van der Waals surface area contributed by atoms with Crippen LogP contribution in [0.4, 0.5) is 0 Å². The highest BCUT2D eigenvalue weighted by Crippen LogP contribution is 2.25. The Morgan fingerprint density at radius 2 is 1.66 bits per heavy atom. The number of hydrogen-bond acceptors (Lipinski definition) is 4. The number of para-hydroxylation sites is 1. The number of aromatic carboxylic acids is 1. The third-order valence-corrected chi connectivity index (χ3v) is 7.81. The molecule has 1 aliphatic rings. The summed E-state index contributed by atoms with van der Waals surface area (Å²) in [4.78, 5) is 25.0. The van der Waals surface area contributed by atoms with Crippen molar-refractivity contribution in [3.63, 3.8) is 0 Å². The van der Waals surface area contributed by atoms with Crippen molar-refractivity contribution in [2.45, 2.75) is 57.4 Å². The number of allylic oxidation sites excluding steroid dienone is 1. The third-order valence-electron chi connectivity index (χ3n) is 7.81. The van der Waals surface area contributed by atoms with Crippen molar-refractivity contribution < 1.29 is 24.5 Å². The highest BCUT2D eigenvalue weighted by atomic mass is 16.5. The molecule has 3 aromatic rings. The average molecular weight is 556 g/mol. The van der Waals surface area contributed by atoms with Crippen LogP contribution in [0.1, 0.15) is 65.6 Å². The molecule has 1 heterocycles. The first-order valence-electron chi connectivity index (χ1n) is 14.7. The standard InChI is InChI=1S/C35H41NO5/c37-34(38)31-20-17-28(18-21-31)26-29(22-24-36-23-9-14-32(36)35(39)40)16-19-30-13-6-7-15-33(30)41-25-8-2-5-12-27-10-3-1-4-11-27/h1,3-4,6-7,10-11,13,15-21,29,32H,2,5,8-9,12,14,22-26H2,(H,37,38)(H,39,40)/b19-16+/t29?,32-/m0/s1. The van der Waals surface area contributed by atoms with Gasteiger partial charge in [0.15, 0.2) is 0 Å². The third kappa shape index (κ3) is 9.61. The number of rotatable bonds is 16. The molecule has 216 valence electrons. The first kappa shape index (κ1) is 30.1. The van der Waals surface area contributed by atoms with E-state index < -0.39 is 18.0 Å². The molecule has 3 aromatic carbocycles. The molecule has 4 rings (SSSR count). The molecule has 6 heteroatoms. The van der Waals surface area contributed by atoms with Crippen molar-refractivity contribution in [3.8, 4) is 5.75 Å². The molecule has 0 aromatic heterocycles.